The highest BCUT2D eigenvalue weighted by Crippen LogP contribution is 2.16. The summed E-state index contributed by atoms with van der Waals surface area (Å²) in [7, 11) is 3.47. The Morgan fingerprint density at radius 3 is 2.74 bits per heavy atom. The summed E-state index contributed by atoms with van der Waals surface area (Å²) in [6, 6.07) is 7.50. The van der Waals surface area contributed by atoms with Gasteiger partial charge in [0, 0.05) is 27.1 Å². The van der Waals surface area contributed by atoms with Crippen molar-refractivity contribution in [3.05, 3.63) is 46.4 Å². The van der Waals surface area contributed by atoms with Gasteiger partial charge in [0.25, 0.3) is 0 Å². The van der Waals surface area contributed by atoms with Crippen molar-refractivity contribution >= 4 is 16.9 Å². The zero-order valence-electron chi connectivity index (χ0n) is 15.8. The monoisotopic (exact) mass is 368 g/mol. The Kier molecular flexibility index (Phi) is 4.55. The number of amides is 1. The van der Waals surface area contributed by atoms with Crippen LogP contribution in [0.1, 0.15) is 30.9 Å². The third kappa shape index (κ3) is 3.15. The van der Waals surface area contributed by atoms with E-state index >= 15 is 0 Å². The molecule has 0 saturated heterocycles. The van der Waals surface area contributed by atoms with E-state index in [-0.39, 0.29) is 18.1 Å². The molecule has 8 heteroatoms. The van der Waals surface area contributed by atoms with Gasteiger partial charge in [-0.1, -0.05) is 18.6 Å². The van der Waals surface area contributed by atoms with E-state index in [4.69, 9.17) is 0 Å². The minimum atomic E-state index is -0.186. The minimum absolute atomic E-state index is 0.0116. The van der Waals surface area contributed by atoms with E-state index in [0.29, 0.717) is 6.54 Å². The molecular formula is C19H24N6O2. The standard InChI is InChI=1S/C19H24N6O2/c1-22(12-17-21-20-16-10-4-3-7-11-24(16)17)18(26)13-25-15-9-6-5-8-14(15)23(2)19(25)27/h5-6,8-9H,3-4,7,10-13H2,1-2H3. The third-order valence-electron chi connectivity index (χ3n) is 5.34. The molecule has 0 fully saturated rings. The van der Waals surface area contributed by atoms with Crippen LogP contribution in [0.15, 0.2) is 29.1 Å². The number of rotatable bonds is 4. The van der Waals surface area contributed by atoms with Gasteiger partial charge in [0.05, 0.1) is 17.6 Å². The molecule has 0 saturated carbocycles. The normalized spacial score (nSPS) is 14.1. The molecule has 1 aromatic carbocycles. The number of benzene rings is 1. The lowest BCUT2D eigenvalue weighted by Crippen LogP contribution is -2.34. The lowest BCUT2D eigenvalue weighted by Gasteiger charge is -2.17. The van der Waals surface area contributed by atoms with Crippen LogP contribution >= 0.6 is 0 Å². The molecule has 0 unspecified atom stereocenters. The molecular weight excluding hydrogens is 344 g/mol. The first kappa shape index (κ1) is 17.5. The SMILES string of the molecule is CN(Cc1nnc2n1CCCCC2)C(=O)Cn1c(=O)n(C)c2ccccc21. The molecule has 1 aliphatic rings. The molecule has 2 aromatic heterocycles. The van der Waals surface area contributed by atoms with Gasteiger partial charge < -0.3 is 9.47 Å². The molecule has 1 aliphatic heterocycles. The van der Waals surface area contributed by atoms with Crippen LogP contribution in [0.4, 0.5) is 0 Å². The van der Waals surface area contributed by atoms with E-state index in [2.05, 4.69) is 14.8 Å². The van der Waals surface area contributed by atoms with Gasteiger partial charge in [-0.2, -0.15) is 0 Å². The maximum Gasteiger partial charge on any atom is 0.329 e. The fraction of sp³-hybridized carbons (Fsp3) is 0.474. The second kappa shape index (κ2) is 7.02. The van der Waals surface area contributed by atoms with Crippen LogP contribution < -0.4 is 5.69 Å². The first-order chi connectivity index (χ1) is 13.1. The lowest BCUT2D eigenvalue weighted by atomic mass is 10.2. The largest absolute Gasteiger partial charge is 0.337 e. The molecule has 27 heavy (non-hydrogen) atoms. The topological polar surface area (TPSA) is 78.0 Å². The predicted molar refractivity (Wildman–Crippen MR) is 101 cm³/mol. The van der Waals surface area contributed by atoms with Crippen molar-refractivity contribution in [1.29, 1.82) is 0 Å². The maximum absolute atomic E-state index is 12.8. The number of imidazole rings is 1. The number of hydrogen-bond acceptors (Lipinski definition) is 4. The van der Waals surface area contributed by atoms with Crippen LogP contribution in [-0.2, 0) is 37.9 Å². The van der Waals surface area contributed by atoms with Gasteiger partial charge >= 0.3 is 5.69 Å². The Balaban J connectivity index is 1.54. The minimum Gasteiger partial charge on any atom is -0.337 e. The first-order valence-corrected chi connectivity index (χ1v) is 9.35. The van der Waals surface area contributed by atoms with E-state index in [1.54, 1.807) is 23.6 Å². The summed E-state index contributed by atoms with van der Waals surface area (Å²) < 4.78 is 5.24. The van der Waals surface area contributed by atoms with E-state index in [0.717, 1.165) is 48.5 Å². The highest BCUT2D eigenvalue weighted by molar-refractivity contribution is 5.80. The van der Waals surface area contributed by atoms with E-state index < -0.39 is 0 Å². The molecule has 0 atom stereocenters. The van der Waals surface area contributed by atoms with Crippen LogP contribution in [0.3, 0.4) is 0 Å². The Hall–Kier alpha value is -2.90. The molecule has 8 nitrogen and oxygen atoms in total. The zero-order chi connectivity index (χ0) is 19.0. The Morgan fingerprint density at radius 1 is 1.15 bits per heavy atom. The summed E-state index contributed by atoms with van der Waals surface area (Å²) in [6.45, 7) is 1.31. The summed E-state index contributed by atoms with van der Waals surface area (Å²) in [5, 5.41) is 8.57. The molecule has 4 rings (SSSR count). The molecule has 0 N–H and O–H groups in total. The van der Waals surface area contributed by atoms with Crippen molar-refractivity contribution in [2.45, 2.75) is 45.3 Å². The average Bonchev–Trinajstić information content (AvgIpc) is 3.04. The molecule has 0 radical (unpaired) electrons. The zero-order valence-corrected chi connectivity index (χ0v) is 15.8. The summed E-state index contributed by atoms with van der Waals surface area (Å²) >= 11 is 0. The van der Waals surface area contributed by atoms with E-state index in [1.165, 1.54) is 11.0 Å². The number of carbonyl (C=O) groups is 1. The Bertz CT molecular complexity index is 1040. The lowest BCUT2D eigenvalue weighted by molar-refractivity contribution is -0.131. The van der Waals surface area contributed by atoms with Crippen LogP contribution in [0.5, 0.6) is 0 Å². The number of carbonyl (C=O) groups excluding carboxylic acids is 1. The van der Waals surface area contributed by atoms with Gasteiger partial charge in [-0.25, -0.2) is 4.79 Å². The molecule has 3 heterocycles. The molecule has 0 spiro atoms. The highest BCUT2D eigenvalue weighted by atomic mass is 16.2. The van der Waals surface area contributed by atoms with Crippen LogP contribution in [0.25, 0.3) is 11.0 Å². The van der Waals surface area contributed by atoms with Crippen LogP contribution in [-0.4, -0.2) is 41.8 Å². The molecule has 0 aliphatic carbocycles. The summed E-state index contributed by atoms with van der Waals surface area (Å²) in [5.74, 6) is 1.70. The van der Waals surface area contributed by atoms with Gasteiger partial charge in [-0.05, 0) is 25.0 Å². The number of fused-ring (bicyclic) bond motifs is 2. The second-order valence-corrected chi connectivity index (χ2v) is 7.16. The molecule has 1 amide bonds. The fourth-order valence-corrected chi connectivity index (χ4v) is 3.73. The fourth-order valence-electron chi connectivity index (χ4n) is 3.73. The first-order valence-electron chi connectivity index (χ1n) is 9.35. The highest BCUT2D eigenvalue weighted by Gasteiger charge is 2.20. The van der Waals surface area contributed by atoms with Crippen molar-refractivity contribution < 1.29 is 4.79 Å². The predicted octanol–water partition coefficient (Wildman–Crippen LogP) is 1.32. The van der Waals surface area contributed by atoms with Gasteiger partial charge in [0.2, 0.25) is 5.91 Å². The number of nitrogens with zero attached hydrogens (tertiary/aromatic N) is 6. The Morgan fingerprint density at radius 2 is 1.93 bits per heavy atom. The van der Waals surface area contributed by atoms with Crippen molar-refractivity contribution in [2.75, 3.05) is 7.05 Å². The van der Waals surface area contributed by atoms with Gasteiger partial charge in [0.15, 0.2) is 5.82 Å². The third-order valence-corrected chi connectivity index (χ3v) is 5.34. The number of aromatic nitrogens is 5. The quantitative estimate of drug-likeness (QED) is 0.696. The van der Waals surface area contributed by atoms with Crippen molar-refractivity contribution in [3.8, 4) is 0 Å². The van der Waals surface area contributed by atoms with Crippen molar-refractivity contribution in [1.82, 2.24) is 28.8 Å². The number of hydrogen-bond donors (Lipinski definition) is 0. The molecule has 3 aromatic rings. The van der Waals surface area contributed by atoms with Crippen LogP contribution in [0, 0.1) is 0 Å². The maximum atomic E-state index is 12.8. The molecule has 0 bridgehead atoms. The van der Waals surface area contributed by atoms with E-state index in [9.17, 15) is 9.59 Å². The van der Waals surface area contributed by atoms with Gasteiger partial charge in [-0.3, -0.25) is 13.9 Å². The van der Waals surface area contributed by atoms with Gasteiger partial charge in [0.1, 0.15) is 12.4 Å². The Labute approximate surface area is 157 Å². The molecule has 142 valence electrons. The summed E-state index contributed by atoms with van der Waals surface area (Å²) in [4.78, 5) is 26.9. The average molecular weight is 368 g/mol. The van der Waals surface area contributed by atoms with E-state index in [1.807, 2.05) is 24.3 Å². The van der Waals surface area contributed by atoms with Crippen LogP contribution in [0.2, 0.25) is 0 Å². The summed E-state index contributed by atoms with van der Waals surface area (Å²) in [6.07, 6.45) is 4.38. The van der Waals surface area contributed by atoms with Crippen molar-refractivity contribution in [2.24, 2.45) is 7.05 Å². The summed E-state index contributed by atoms with van der Waals surface area (Å²) in [5.41, 5.74) is 1.40. The second-order valence-electron chi connectivity index (χ2n) is 7.16. The smallest absolute Gasteiger partial charge is 0.329 e. The van der Waals surface area contributed by atoms with Crippen molar-refractivity contribution in [3.63, 3.8) is 0 Å². The van der Waals surface area contributed by atoms with Gasteiger partial charge in [-0.15, -0.1) is 10.2 Å². The number of para-hydroxylation sites is 2. The number of aryl methyl sites for hydroxylation is 2. The number of likely N-dealkylation sites (N-methyl/N-ethyl adjacent to an activating group) is 1.